The molecule has 0 aliphatic carbocycles. The van der Waals surface area contributed by atoms with E-state index in [9.17, 15) is 0 Å². The Kier molecular flexibility index (Phi) is 3.47. The van der Waals surface area contributed by atoms with E-state index in [-0.39, 0.29) is 0 Å². The zero-order chi connectivity index (χ0) is 11.4. The third-order valence-electron chi connectivity index (χ3n) is 2.50. The van der Waals surface area contributed by atoms with Crippen molar-refractivity contribution in [3.8, 4) is 6.19 Å². The average Bonchev–Trinajstić information content (AvgIpc) is 2.70. The van der Waals surface area contributed by atoms with E-state index in [4.69, 9.17) is 5.26 Å². The van der Waals surface area contributed by atoms with E-state index in [1.165, 1.54) is 11.1 Å². The summed E-state index contributed by atoms with van der Waals surface area (Å²) in [5, 5.41) is 9.42. The van der Waals surface area contributed by atoms with Gasteiger partial charge in [-0.05, 0) is 12.5 Å². The second kappa shape index (κ2) is 5.04. The molecule has 16 heavy (non-hydrogen) atoms. The van der Waals surface area contributed by atoms with Crippen molar-refractivity contribution in [2.75, 3.05) is 12.3 Å². The number of nitriles is 1. The molecule has 0 saturated carbocycles. The van der Waals surface area contributed by atoms with Gasteiger partial charge < -0.3 is 4.90 Å². The Balaban J connectivity index is 2.07. The number of amidine groups is 1. The number of aliphatic imine (C=N–C) groups is 1. The van der Waals surface area contributed by atoms with Gasteiger partial charge in [0.1, 0.15) is 0 Å². The van der Waals surface area contributed by atoms with E-state index >= 15 is 0 Å². The number of rotatable bonds is 2. The topological polar surface area (TPSA) is 39.4 Å². The summed E-state index contributed by atoms with van der Waals surface area (Å²) in [7, 11) is 0. The minimum absolute atomic E-state index is 0.841. The molecule has 0 spiro atoms. The van der Waals surface area contributed by atoms with Crippen molar-refractivity contribution in [1.29, 1.82) is 5.26 Å². The zero-order valence-corrected chi connectivity index (χ0v) is 10.00. The molecule has 1 aromatic rings. The summed E-state index contributed by atoms with van der Waals surface area (Å²) in [6, 6.07) is 8.48. The van der Waals surface area contributed by atoms with Crippen molar-refractivity contribution in [3.63, 3.8) is 0 Å². The molecule has 2 rings (SSSR count). The van der Waals surface area contributed by atoms with Gasteiger partial charge in [-0.25, -0.2) is 0 Å². The molecule has 0 atom stereocenters. The van der Waals surface area contributed by atoms with Crippen LogP contribution in [0.1, 0.15) is 11.1 Å². The monoisotopic (exact) mass is 231 g/mol. The Labute approximate surface area is 99.8 Å². The quantitative estimate of drug-likeness (QED) is 0.734. The van der Waals surface area contributed by atoms with Crippen LogP contribution in [-0.4, -0.2) is 22.4 Å². The molecule has 1 fully saturated rings. The van der Waals surface area contributed by atoms with E-state index in [1.54, 1.807) is 11.8 Å². The molecule has 1 heterocycles. The first-order valence-electron chi connectivity index (χ1n) is 5.19. The highest BCUT2D eigenvalue weighted by atomic mass is 32.2. The first-order valence-corrected chi connectivity index (χ1v) is 6.18. The van der Waals surface area contributed by atoms with Crippen LogP contribution in [-0.2, 0) is 6.54 Å². The van der Waals surface area contributed by atoms with Crippen LogP contribution in [0.2, 0.25) is 0 Å². The first-order chi connectivity index (χ1) is 7.79. The summed E-state index contributed by atoms with van der Waals surface area (Å²) < 4.78 is 0. The largest absolute Gasteiger partial charge is 0.345 e. The van der Waals surface area contributed by atoms with Crippen molar-refractivity contribution in [3.05, 3.63) is 35.4 Å². The minimum Gasteiger partial charge on any atom is -0.345 e. The van der Waals surface area contributed by atoms with Crippen molar-refractivity contribution in [2.45, 2.75) is 13.5 Å². The third kappa shape index (κ3) is 2.56. The number of benzene rings is 1. The summed E-state index contributed by atoms with van der Waals surface area (Å²) in [5.41, 5.74) is 2.53. The van der Waals surface area contributed by atoms with Gasteiger partial charge in [0, 0.05) is 18.8 Å². The van der Waals surface area contributed by atoms with Gasteiger partial charge in [-0.2, -0.15) is 5.26 Å². The third-order valence-corrected chi connectivity index (χ3v) is 3.50. The van der Waals surface area contributed by atoms with Gasteiger partial charge in [-0.1, -0.05) is 41.6 Å². The molecule has 1 aromatic carbocycles. The van der Waals surface area contributed by atoms with E-state index in [2.05, 4.69) is 41.1 Å². The summed E-state index contributed by atoms with van der Waals surface area (Å²) in [6.45, 7) is 3.89. The summed E-state index contributed by atoms with van der Waals surface area (Å²) in [4.78, 5) is 5.98. The first kappa shape index (κ1) is 11.0. The van der Waals surface area contributed by atoms with Crippen LogP contribution in [0.3, 0.4) is 0 Å². The maximum atomic E-state index is 8.57. The Morgan fingerprint density at radius 3 is 2.88 bits per heavy atom. The molecule has 82 valence electrons. The van der Waals surface area contributed by atoms with Crippen LogP contribution in [0.4, 0.5) is 0 Å². The zero-order valence-electron chi connectivity index (χ0n) is 9.18. The van der Waals surface area contributed by atoms with E-state index < -0.39 is 0 Å². The Morgan fingerprint density at radius 1 is 1.44 bits per heavy atom. The maximum Gasteiger partial charge on any atom is 0.208 e. The van der Waals surface area contributed by atoms with Gasteiger partial charge >= 0.3 is 0 Å². The number of nitrogens with zero attached hydrogens (tertiary/aromatic N) is 3. The lowest BCUT2D eigenvalue weighted by molar-refractivity contribution is 0.457. The Morgan fingerprint density at radius 2 is 2.19 bits per heavy atom. The highest BCUT2D eigenvalue weighted by Crippen LogP contribution is 2.20. The van der Waals surface area contributed by atoms with Gasteiger partial charge in [0.15, 0.2) is 5.17 Å². The summed E-state index contributed by atoms with van der Waals surface area (Å²) >= 11 is 1.65. The number of hydrogen-bond acceptors (Lipinski definition) is 3. The Hall–Kier alpha value is -1.47. The molecule has 0 radical (unpaired) electrons. The predicted octanol–water partition coefficient (Wildman–Crippen LogP) is 2.38. The molecule has 0 bridgehead atoms. The van der Waals surface area contributed by atoms with Crippen molar-refractivity contribution < 1.29 is 0 Å². The fourth-order valence-corrected chi connectivity index (χ4v) is 2.58. The average molecular weight is 231 g/mol. The summed E-state index contributed by atoms with van der Waals surface area (Å²) in [6.07, 6.45) is 1.86. The molecule has 1 saturated heterocycles. The fraction of sp³-hybridized carbons (Fsp3) is 0.333. The molecule has 1 aliphatic rings. The molecule has 4 heteroatoms. The molecule has 0 amide bonds. The standard InChI is InChI=1S/C12H13N3S/c1-10-2-4-11(5-3-10)8-15-6-7-16-12(15)14-9-13/h2-5H,6-8H2,1H3. The van der Waals surface area contributed by atoms with E-state index in [1.807, 2.05) is 6.19 Å². The fourth-order valence-electron chi connectivity index (χ4n) is 1.64. The van der Waals surface area contributed by atoms with Gasteiger partial charge in [0.05, 0.1) is 0 Å². The van der Waals surface area contributed by atoms with Crippen LogP contribution in [0.15, 0.2) is 29.3 Å². The van der Waals surface area contributed by atoms with Gasteiger partial charge in [-0.15, -0.1) is 4.99 Å². The molecular formula is C12H13N3S. The second-order valence-electron chi connectivity index (χ2n) is 3.75. The molecule has 0 N–H and O–H groups in total. The smallest absolute Gasteiger partial charge is 0.208 e. The van der Waals surface area contributed by atoms with E-state index in [0.29, 0.717) is 0 Å². The van der Waals surface area contributed by atoms with Crippen LogP contribution in [0, 0.1) is 18.4 Å². The lowest BCUT2D eigenvalue weighted by Crippen LogP contribution is -2.23. The van der Waals surface area contributed by atoms with Gasteiger partial charge in [-0.3, -0.25) is 0 Å². The molecule has 1 aliphatic heterocycles. The highest BCUT2D eigenvalue weighted by Gasteiger charge is 2.19. The van der Waals surface area contributed by atoms with Crippen LogP contribution < -0.4 is 0 Å². The lowest BCUT2D eigenvalue weighted by Gasteiger charge is -2.16. The van der Waals surface area contributed by atoms with Crippen molar-refractivity contribution in [2.24, 2.45) is 4.99 Å². The van der Waals surface area contributed by atoms with E-state index in [0.717, 1.165) is 24.0 Å². The summed E-state index contributed by atoms with van der Waals surface area (Å²) in [5.74, 6) is 1.02. The van der Waals surface area contributed by atoms with Crippen molar-refractivity contribution in [1.82, 2.24) is 4.90 Å². The molecular weight excluding hydrogens is 218 g/mol. The SMILES string of the molecule is Cc1ccc(CN2CCSC2=NC#N)cc1. The number of hydrogen-bond donors (Lipinski definition) is 0. The lowest BCUT2D eigenvalue weighted by atomic mass is 10.1. The van der Waals surface area contributed by atoms with Crippen molar-refractivity contribution >= 4 is 16.9 Å². The van der Waals surface area contributed by atoms with Crippen LogP contribution in [0.5, 0.6) is 0 Å². The molecule has 0 aromatic heterocycles. The van der Waals surface area contributed by atoms with Crippen LogP contribution in [0.25, 0.3) is 0 Å². The molecule has 3 nitrogen and oxygen atoms in total. The van der Waals surface area contributed by atoms with Gasteiger partial charge in [0.2, 0.25) is 6.19 Å². The normalized spacial score (nSPS) is 17.8. The van der Waals surface area contributed by atoms with Gasteiger partial charge in [0.25, 0.3) is 0 Å². The Bertz CT molecular complexity index is 431. The number of thioether (sulfide) groups is 1. The predicted molar refractivity (Wildman–Crippen MR) is 67.1 cm³/mol. The number of aryl methyl sites for hydroxylation is 1. The maximum absolute atomic E-state index is 8.57. The molecule has 0 unspecified atom stereocenters. The second-order valence-corrected chi connectivity index (χ2v) is 4.81. The highest BCUT2D eigenvalue weighted by molar-refractivity contribution is 8.14. The van der Waals surface area contributed by atoms with Crippen LogP contribution >= 0.6 is 11.8 Å². The minimum atomic E-state index is 0.841.